The molecule has 3 heteroatoms. The van der Waals surface area contributed by atoms with Crippen molar-refractivity contribution in [3.05, 3.63) is 42.1 Å². The molecule has 98 valence electrons. The normalized spacial score (nSPS) is 27.4. The maximum absolute atomic E-state index is 11.5. The summed E-state index contributed by atoms with van der Waals surface area (Å²) in [6.07, 6.45) is 5.18. The minimum Gasteiger partial charge on any atom is -0.357 e. The monoisotopic (exact) mass is 254 g/mol. The fourth-order valence-electron chi connectivity index (χ4n) is 3.70. The van der Waals surface area contributed by atoms with E-state index in [2.05, 4.69) is 41.1 Å². The molecule has 1 unspecified atom stereocenters. The van der Waals surface area contributed by atoms with Gasteiger partial charge in [0.15, 0.2) is 0 Å². The number of rotatable bonds is 1. The van der Waals surface area contributed by atoms with Crippen molar-refractivity contribution in [3.8, 4) is 0 Å². The van der Waals surface area contributed by atoms with Crippen LogP contribution in [0.4, 0.5) is 5.69 Å². The molecule has 3 aliphatic rings. The highest BCUT2D eigenvalue weighted by molar-refractivity contribution is 5.80. The van der Waals surface area contributed by atoms with Crippen LogP contribution in [0.2, 0.25) is 0 Å². The van der Waals surface area contributed by atoms with Crippen LogP contribution in [-0.4, -0.2) is 17.5 Å². The molecule has 0 bridgehead atoms. The van der Waals surface area contributed by atoms with E-state index in [1.165, 1.54) is 24.1 Å². The Balaban J connectivity index is 1.73. The first kappa shape index (κ1) is 11.1. The summed E-state index contributed by atoms with van der Waals surface area (Å²) in [7, 11) is 0. The molecular weight excluding hydrogens is 236 g/mol. The minimum absolute atomic E-state index is 0.110. The van der Waals surface area contributed by atoms with Gasteiger partial charge in [0.05, 0.1) is 6.04 Å². The van der Waals surface area contributed by atoms with Gasteiger partial charge in [0.25, 0.3) is 0 Å². The third-order valence-corrected chi connectivity index (χ3v) is 4.77. The average Bonchev–Trinajstić information content (AvgIpc) is 3.06. The second-order valence-corrected chi connectivity index (χ2v) is 6.03. The molecule has 1 N–H and O–H groups in total. The first-order valence-corrected chi connectivity index (χ1v) is 7.06. The van der Waals surface area contributed by atoms with E-state index in [-0.39, 0.29) is 11.9 Å². The predicted octanol–water partition coefficient (Wildman–Crippen LogP) is 2.37. The number of carbonyl (C=O) groups is 1. The number of anilines is 1. The minimum atomic E-state index is 0.110. The van der Waals surface area contributed by atoms with E-state index in [9.17, 15) is 4.79 Å². The van der Waals surface area contributed by atoms with E-state index in [1.807, 2.05) is 0 Å². The summed E-state index contributed by atoms with van der Waals surface area (Å²) >= 11 is 0. The number of hydrogen-bond acceptors (Lipinski definition) is 2. The Bertz CT molecular complexity index is 574. The molecule has 0 radical (unpaired) electrons. The molecule has 1 amide bonds. The maximum atomic E-state index is 11.5. The Morgan fingerprint density at radius 2 is 2.11 bits per heavy atom. The highest BCUT2D eigenvalue weighted by atomic mass is 16.1. The maximum Gasteiger partial charge on any atom is 0.224 e. The zero-order valence-electron chi connectivity index (χ0n) is 11.0. The quantitative estimate of drug-likeness (QED) is 0.834. The Labute approximate surface area is 113 Å². The molecule has 19 heavy (non-hydrogen) atoms. The van der Waals surface area contributed by atoms with Crippen molar-refractivity contribution in [2.24, 2.45) is 0 Å². The van der Waals surface area contributed by atoms with E-state index >= 15 is 0 Å². The molecule has 1 saturated carbocycles. The number of nitrogens with zero attached hydrogens (tertiary/aromatic N) is 1. The van der Waals surface area contributed by atoms with Gasteiger partial charge in [0, 0.05) is 23.3 Å². The first-order chi connectivity index (χ1) is 9.20. The summed E-state index contributed by atoms with van der Waals surface area (Å²) in [4.78, 5) is 14.0. The second kappa shape index (κ2) is 3.62. The molecule has 1 aliphatic carbocycles. The Hall–Kier alpha value is -1.77. The summed E-state index contributed by atoms with van der Waals surface area (Å²) < 4.78 is 0. The molecule has 1 aromatic carbocycles. The summed E-state index contributed by atoms with van der Waals surface area (Å²) in [5.41, 5.74) is 3.99. The first-order valence-electron chi connectivity index (χ1n) is 7.06. The number of fused-ring (bicyclic) bond motifs is 1. The van der Waals surface area contributed by atoms with Gasteiger partial charge in [0.1, 0.15) is 0 Å². The number of hydrogen-bond donors (Lipinski definition) is 1. The molecule has 2 fully saturated rings. The number of carbonyl (C=O) groups excluding carboxylic acids is 1. The van der Waals surface area contributed by atoms with Crippen molar-refractivity contribution in [2.45, 2.75) is 43.7 Å². The third-order valence-electron chi connectivity index (χ3n) is 4.77. The molecule has 1 aromatic rings. The Morgan fingerprint density at radius 3 is 2.84 bits per heavy atom. The van der Waals surface area contributed by atoms with Crippen molar-refractivity contribution in [2.75, 3.05) is 4.90 Å². The predicted molar refractivity (Wildman–Crippen MR) is 74.9 cm³/mol. The molecule has 0 aromatic heterocycles. The Morgan fingerprint density at radius 1 is 1.32 bits per heavy atom. The molecule has 2 heterocycles. The fraction of sp³-hybridized carbons (Fsp3) is 0.438. The summed E-state index contributed by atoms with van der Waals surface area (Å²) in [6.45, 7) is 4.08. The van der Waals surface area contributed by atoms with Crippen molar-refractivity contribution >= 4 is 11.6 Å². The second-order valence-electron chi connectivity index (χ2n) is 6.03. The molecule has 1 spiro atoms. The Kier molecular flexibility index (Phi) is 2.12. The lowest BCUT2D eigenvalue weighted by molar-refractivity contribution is -0.121. The van der Waals surface area contributed by atoms with E-state index in [0.29, 0.717) is 12.0 Å². The van der Waals surface area contributed by atoms with Gasteiger partial charge in [-0.25, -0.2) is 0 Å². The highest BCUT2D eigenvalue weighted by Crippen LogP contribution is 2.55. The lowest BCUT2D eigenvalue weighted by atomic mass is 10.00. The van der Waals surface area contributed by atoms with Gasteiger partial charge in [-0.1, -0.05) is 24.8 Å². The van der Waals surface area contributed by atoms with Gasteiger partial charge >= 0.3 is 0 Å². The van der Waals surface area contributed by atoms with E-state index in [1.54, 1.807) is 0 Å². The number of para-hydroxylation sites is 1. The topological polar surface area (TPSA) is 32.3 Å². The van der Waals surface area contributed by atoms with Gasteiger partial charge < -0.3 is 10.2 Å². The van der Waals surface area contributed by atoms with Crippen molar-refractivity contribution in [1.29, 1.82) is 0 Å². The van der Waals surface area contributed by atoms with Crippen molar-refractivity contribution in [3.63, 3.8) is 0 Å². The van der Waals surface area contributed by atoms with Gasteiger partial charge in [-0.2, -0.15) is 0 Å². The molecule has 2 aliphatic heterocycles. The van der Waals surface area contributed by atoms with Crippen LogP contribution < -0.4 is 10.2 Å². The molecular formula is C16H18N2O. The molecule has 3 nitrogen and oxygen atoms in total. The van der Waals surface area contributed by atoms with Crippen LogP contribution in [0.15, 0.2) is 36.5 Å². The average molecular weight is 254 g/mol. The summed E-state index contributed by atoms with van der Waals surface area (Å²) in [5.74, 6) is 0.110. The van der Waals surface area contributed by atoms with Crippen LogP contribution in [0.25, 0.3) is 0 Å². The van der Waals surface area contributed by atoms with Crippen LogP contribution in [0.1, 0.15) is 31.2 Å². The van der Waals surface area contributed by atoms with Crippen LogP contribution in [0.5, 0.6) is 0 Å². The smallest absolute Gasteiger partial charge is 0.224 e. The van der Waals surface area contributed by atoms with Gasteiger partial charge in [-0.05, 0) is 37.3 Å². The summed E-state index contributed by atoms with van der Waals surface area (Å²) in [6, 6.07) is 8.95. The van der Waals surface area contributed by atoms with E-state index in [0.717, 1.165) is 18.5 Å². The number of amides is 1. The van der Waals surface area contributed by atoms with Gasteiger partial charge in [0.2, 0.25) is 5.91 Å². The van der Waals surface area contributed by atoms with Crippen LogP contribution >= 0.6 is 0 Å². The van der Waals surface area contributed by atoms with Gasteiger partial charge in [-0.15, -0.1) is 0 Å². The fourth-order valence-corrected chi connectivity index (χ4v) is 3.70. The van der Waals surface area contributed by atoms with Crippen LogP contribution in [0, 0.1) is 0 Å². The lowest BCUT2D eigenvalue weighted by Crippen LogP contribution is -2.50. The zero-order chi connectivity index (χ0) is 13.0. The summed E-state index contributed by atoms with van der Waals surface area (Å²) in [5, 5.41) is 2.93. The number of nitrogens with one attached hydrogen (secondary N) is 1. The van der Waals surface area contributed by atoms with E-state index < -0.39 is 0 Å². The molecule has 1 atom stereocenters. The largest absolute Gasteiger partial charge is 0.357 e. The number of piperidine rings is 1. The highest BCUT2D eigenvalue weighted by Gasteiger charge is 2.55. The van der Waals surface area contributed by atoms with Crippen LogP contribution in [0.3, 0.4) is 0 Å². The van der Waals surface area contributed by atoms with E-state index in [4.69, 9.17) is 0 Å². The number of benzene rings is 1. The standard InChI is InChI=1S/C16H18N2O/c1-11-13(6-7-15(19)17-11)18-14-5-3-2-4-12(14)10-16(18)8-9-16/h2-5,13H,1,6-10H2,(H,17,19). The lowest BCUT2D eigenvalue weighted by Gasteiger charge is -2.39. The van der Waals surface area contributed by atoms with Crippen LogP contribution in [-0.2, 0) is 11.2 Å². The van der Waals surface area contributed by atoms with Crippen molar-refractivity contribution < 1.29 is 4.79 Å². The zero-order valence-corrected chi connectivity index (χ0v) is 11.0. The molecule has 1 saturated heterocycles. The third kappa shape index (κ3) is 1.54. The molecule has 4 rings (SSSR count). The van der Waals surface area contributed by atoms with Crippen molar-refractivity contribution in [1.82, 2.24) is 5.32 Å². The van der Waals surface area contributed by atoms with Gasteiger partial charge in [-0.3, -0.25) is 4.79 Å². The SMILES string of the molecule is C=C1NC(=O)CCC1N1c2ccccc2CC12CC2.